The summed E-state index contributed by atoms with van der Waals surface area (Å²) in [6, 6.07) is 4.88. The van der Waals surface area contributed by atoms with Crippen molar-refractivity contribution in [3.05, 3.63) is 34.4 Å². The van der Waals surface area contributed by atoms with E-state index < -0.39 is 0 Å². The molecule has 1 aromatic rings. The van der Waals surface area contributed by atoms with E-state index in [4.69, 9.17) is 0 Å². The lowest BCUT2D eigenvalue weighted by Gasteiger charge is -2.35. The van der Waals surface area contributed by atoms with Crippen molar-refractivity contribution in [2.45, 2.75) is 78.3 Å². The molecule has 0 aromatic heterocycles. The van der Waals surface area contributed by atoms with Crippen molar-refractivity contribution in [1.29, 1.82) is 0 Å². The Morgan fingerprint density at radius 1 is 0.737 bits per heavy atom. The summed E-state index contributed by atoms with van der Waals surface area (Å²) in [6.45, 7) is 13.7. The maximum Gasteiger partial charge on any atom is 0.0440 e. The summed E-state index contributed by atoms with van der Waals surface area (Å²) in [5, 5.41) is 4.04. The standard InChI is InChI=1S/C18H29N/c1-7-17(8-2)15-11-13(5)14(6)12-16(15)18(9-3,10-4)19-17/h11-12,19H,7-10H2,1-6H3. The van der Waals surface area contributed by atoms with Gasteiger partial charge in [0.25, 0.3) is 0 Å². The van der Waals surface area contributed by atoms with Gasteiger partial charge in [-0.3, -0.25) is 5.32 Å². The predicted octanol–water partition coefficient (Wildman–Crippen LogP) is 4.94. The fourth-order valence-corrected chi connectivity index (χ4v) is 3.82. The van der Waals surface area contributed by atoms with Gasteiger partial charge in [0.2, 0.25) is 0 Å². The van der Waals surface area contributed by atoms with E-state index in [-0.39, 0.29) is 11.1 Å². The molecule has 1 heterocycles. The molecule has 1 aliphatic rings. The highest BCUT2D eigenvalue weighted by atomic mass is 15.1. The summed E-state index contributed by atoms with van der Waals surface area (Å²) in [7, 11) is 0. The van der Waals surface area contributed by atoms with Crippen molar-refractivity contribution in [2.24, 2.45) is 0 Å². The minimum absolute atomic E-state index is 0.180. The Bertz CT molecular complexity index is 422. The van der Waals surface area contributed by atoms with Crippen LogP contribution < -0.4 is 5.32 Å². The Morgan fingerprint density at radius 2 is 1.05 bits per heavy atom. The highest BCUT2D eigenvalue weighted by Gasteiger charge is 2.47. The number of aryl methyl sites for hydroxylation is 2. The van der Waals surface area contributed by atoms with Gasteiger partial charge in [-0.2, -0.15) is 0 Å². The van der Waals surface area contributed by atoms with Crippen LogP contribution in [0.1, 0.15) is 75.6 Å². The minimum atomic E-state index is 0.180. The molecular weight excluding hydrogens is 230 g/mol. The molecule has 1 aromatic carbocycles. The molecule has 0 radical (unpaired) electrons. The van der Waals surface area contributed by atoms with Crippen LogP contribution in [0.25, 0.3) is 0 Å². The molecular formula is C18H29N. The SMILES string of the molecule is CCC1(CC)NC(CC)(CC)c2cc(C)c(C)cc21. The fourth-order valence-electron chi connectivity index (χ4n) is 3.82. The van der Waals surface area contributed by atoms with Crippen LogP contribution in [0, 0.1) is 13.8 Å². The summed E-state index contributed by atoms with van der Waals surface area (Å²) in [5.41, 5.74) is 6.33. The second kappa shape index (κ2) is 4.94. The molecule has 2 rings (SSSR count). The fraction of sp³-hybridized carbons (Fsp3) is 0.667. The largest absolute Gasteiger partial charge is 0.298 e. The number of nitrogens with one attached hydrogen (secondary N) is 1. The van der Waals surface area contributed by atoms with Crippen LogP contribution in [-0.2, 0) is 11.1 Å². The molecule has 0 spiro atoms. The highest BCUT2D eigenvalue weighted by molar-refractivity contribution is 5.49. The molecule has 19 heavy (non-hydrogen) atoms. The first-order chi connectivity index (χ1) is 8.98. The van der Waals surface area contributed by atoms with Crippen LogP contribution in [0.2, 0.25) is 0 Å². The second-order valence-corrected chi connectivity index (χ2v) is 6.19. The average molecular weight is 259 g/mol. The quantitative estimate of drug-likeness (QED) is 0.807. The zero-order valence-corrected chi connectivity index (χ0v) is 13.5. The molecule has 1 heteroatoms. The normalized spacial score (nSPS) is 19.5. The maximum atomic E-state index is 4.04. The Labute approximate surface area is 118 Å². The van der Waals surface area contributed by atoms with Gasteiger partial charge in [0, 0.05) is 11.1 Å². The van der Waals surface area contributed by atoms with E-state index in [0.717, 1.165) is 0 Å². The first kappa shape index (κ1) is 14.6. The van der Waals surface area contributed by atoms with Gasteiger partial charge in [0.1, 0.15) is 0 Å². The highest BCUT2D eigenvalue weighted by Crippen LogP contribution is 2.48. The summed E-state index contributed by atoms with van der Waals surface area (Å²) >= 11 is 0. The van der Waals surface area contributed by atoms with Crippen LogP contribution in [0.3, 0.4) is 0 Å². The van der Waals surface area contributed by atoms with Gasteiger partial charge in [0.05, 0.1) is 0 Å². The predicted molar refractivity (Wildman–Crippen MR) is 83.6 cm³/mol. The Kier molecular flexibility index (Phi) is 3.79. The summed E-state index contributed by atoms with van der Waals surface area (Å²) < 4.78 is 0. The summed E-state index contributed by atoms with van der Waals surface area (Å²) in [6.07, 6.45) is 4.67. The third-order valence-corrected chi connectivity index (χ3v) is 5.56. The number of rotatable bonds is 4. The molecule has 0 saturated heterocycles. The molecule has 0 saturated carbocycles. The number of hydrogen-bond acceptors (Lipinski definition) is 1. The smallest absolute Gasteiger partial charge is 0.0440 e. The van der Waals surface area contributed by atoms with Crippen LogP contribution >= 0.6 is 0 Å². The van der Waals surface area contributed by atoms with Crippen molar-refractivity contribution in [3.63, 3.8) is 0 Å². The first-order valence-corrected chi connectivity index (χ1v) is 7.90. The first-order valence-electron chi connectivity index (χ1n) is 7.90. The molecule has 106 valence electrons. The van der Waals surface area contributed by atoms with Crippen molar-refractivity contribution in [1.82, 2.24) is 5.32 Å². The summed E-state index contributed by atoms with van der Waals surface area (Å²) in [5.74, 6) is 0. The molecule has 1 aliphatic heterocycles. The Balaban J connectivity index is 2.71. The van der Waals surface area contributed by atoms with E-state index >= 15 is 0 Å². The van der Waals surface area contributed by atoms with Crippen molar-refractivity contribution >= 4 is 0 Å². The van der Waals surface area contributed by atoms with Crippen LogP contribution in [0.5, 0.6) is 0 Å². The number of fused-ring (bicyclic) bond motifs is 1. The van der Waals surface area contributed by atoms with Gasteiger partial charge in [0.15, 0.2) is 0 Å². The second-order valence-electron chi connectivity index (χ2n) is 6.19. The molecule has 0 unspecified atom stereocenters. The molecule has 0 aliphatic carbocycles. The van der Waals surface area contributed by atoms with E-state index in [0.29, 0.717) is 0 Å². The van der Waals surface area contributed by atoms with Crippen molar-refractivity contribution in [3.8, 4) is 0 Å². The third-order valence-electron chi connectivity index (χ3n) is 5.56. The van der Waals surface area contributed by atoms with Gasteiger partial charge < -0.3 is 0 Å². The van der Waals surface area contributed by atoms with Crippen LogP contribution in [0.15, 0.2) is 12.1 Å². The van der Waals surface area contributed by atoms with Crippen LogP contribution in [-0.4, -0.2) is 0 Å². The number of benzene rings is 1. The van der Waals surface area contributed by atoms with Crippen molar-refractivity contribution < 1.29 is 0 Å². The average Bonchev–Trinajstić information content (AvgIpc) is 2.71. The Morgan fingerprint density at radius 3 is 1.32 bits per heavy atom. The molecule has 0 atom stereocenters. The molecule has 0 fully saturated rings. The minimum Gasteiger partial charge on any atom is -0.298 e. The topological polar surface area (TPSA) is 12.0 Å². The van der Waals surface area contributed by atoms with Gasteiger partial charge in [-0.1, -0.05) is 39.8 Å². The number of hydrogen-bond donors (Lipinski definition) is 1. The van der Waals surface area contributed by atoms with Crippen molar-refractivity contribution in [2.75, 3.05) is 0 Å². The van der Waals surface area contributed by atoms with Gasteiger partial charge >= 0.3 is 0 Å². The summed E-state index contributed by atoms with van der Waals surface area (Å²) in [4.78, 5) is 0. The molecule has 0 amide bonds. The van der Waals surface area contributed by atoms with E-state index in [9.17, 15) is 0 Å². The van der Waals surface area contributed by atoms with E-state index in [2.05, 4.69) is 59.0 Å². The molecule has 0 bridgehead atoms. The van der Waals surface area contributed by atoms with E-state index in [1.54, 1.807) is 11.1 Å². The van der Waals surface area contributed by atoms with Gasteiger partial charge in [-0.25, -0.2) is 0 Å². The molecule has 1 N–H and O–H groups in total. The Hall–Kier alpha value is -0.820. The lowest BCUT2D eigenvalue weighted by atomic mass is 9.81. The monoisotopic (exact) mass is 259 g/mol. The van der Waals surface area contributed by atoms with Gasteiger partial charge in [-0.05, 0) is 61.8 Å². The zero-order chi connectivity index (χ0) is 14.3. The van der Waals surface area contributed by atoms with E-state index in [1.165, 1.54) is 36.8 Å². The lowest BCUT2D eigenvalue weighted by molar-refractivity contribution is 0.217. The zero-order valence-electron chi connectivity index (χ0n) is 13.5. The van der Waals surface area contributed by atoms with Crippen LogP contribution in [0.4, 0.5) is 0 Å². The van der Waals surface area contributed by atoms with Gasteiger partial charge in [-0.15, -0.1) is 0 Å². The third kappa shape index (κ3) is 1.94. The molecule has 1 nitrogen and oxygen atoms in total. The van der Waals surface area contributed by atoms with E-state index in [1.807, 2.05) is 0 Å². The lowest BCUT2D eigenvalue weighted by Crippen LogP contribution is -2.46. The maximum absolute atomic E-state index is 4.04.